The van der Waals surface area contributed by atoms with Gasteiger partial charge in [0.15, 0.2) is 0 Å². The quantitative estimate of drug-likeness (QED) is 0.732. The van der Waals surface area contributed by atoms with Crippen LogP contribution in [-0.4, -0.2) is 60.1 Å². The van der Waals surface area contributed by atoms with Crippen LogP contribution in [0.15, 0.2) is 12.2 Å². The molecule has 0 aromatic heterocycles. The van der Waals surface area contributed by atoms with Crippen molar-refractivity contribution in [3.63, 3.8) is 0 Å². The molecule has 0 saturated carbocycles. The lowest BCUT2D eigenvalue weighted by Gasteiger charge is -2.47. The van der Waals surface area contributed by atoms with Crippen LogP contribution in [0.3, 0.4) is 0 Å². The van der Waals surface area contributed by atoms with E-state index in [9.17, 15) is 4.79 Å². The molecule has 2 aliphatic heterocycles. The van der Waals surface area contributed by atoms with E-state index in [4.69, 9.17) is 4.74 Å². The van der Waals surface area contributed by atoms with Crippen molar-refractivity contribution in [2.75, 3.05) is 26.2 Å². The van der Waals surface area contributed by atoms with Gasteiger partial charge in [0, 0.05) is 26.2 Å². The van der Waals surface area contributed by atoms with Gasteiger partial charge in [-0.15, -0.1) is 0 Å². The lowest BCUT2D eigenvalue weighted by atomic mass is 9.71. The minimum atomic E-state index is -0.0110. The SMILES string of the molecule is CC(C)[C@@H](C(=O)N1CCC[C@@]2(CC=CCC2)C1)N1C[C@@H](C)O[C@H](C)C1. The standard InChI is InChI=1S/C21H36N2O2/c1-16(2)19(23-13-17(3)25-18(4)14-23)20(24)22-12-8-11-21(15-22)9-6-5-7-10-21/h5-6,16-19H,7-15H2,1-4H3/t17-,18-,19+,21+/m1/s1. The fourth-order valence-electron chi connectivity index (χ4n) is 5.20. The smallest absolute Gasteiger partial charge is 0.240 e. The molecule has 1 spiro atoms. The zero-order valence-electron chi connectivity index (χ0n) is 16.5. The summed E-state index contributed by atoms with van der Waals surface area (Å²) in [4.78, 5) is 18.1. The summed E-state index contributed by atoms with van der Waals surface area (Å²) >= 11 is 0. The Morgan fingerprint density at radius 3 is 2.48 bits per heavy atom. The largest absolute Gasteiger partial charge is 0.373 e. The molecule has 2 heterocycles. The second kappa shape index (κ2) is 7.79. The number of carbonyl (C=O) groups is 1. The summed E-state index contributed by atoms with van der Waals surface area (Å²) < 4.78 is 5.89. The van der Waals surface area contributed by atoms with Gasteiger partial charge in [0.2, 0.25) is 5.91 Å². The fraction of sp³-hybridized carbons (Fsp3) is 0.857. The number of hydrogen-bond acceptors (Lipinski definition) is 3. The summed E-state index contributed by atoms with van der Waals surface area (Å²) in [5, 5.41) is 0. The maximum atomic E-state index is 13.5. The topological polar surface area (TPSA) is 32.8 Å². The molecule has 0 aromatic rings. The highest BCUT2D eigenvalue weighted by atomic mass is 16.5. The van der Waals surface area contributed by atoms with Crippen LogP contribution in [0.25, 0.3) is 0 Å². The first-order chi connectivity index (χ1) is 11.9. The van der Waals surface area contributed by atoms with Gasteiger partial charge in [-0.1, -0.05) is 26.0 Å². The van der Waals surface area contributed by atoms with E-state index in [-0.39, 0.29) is 18.2 Å². The van der Waals surface area contributed by atoms with Gasteiger partial charge >= 0.3 is 0 Å². The maximum Gasteiger partial charge on any atom is 0.240 e. The van der Waals surface area contributed by atoms with Crippen LogP contribution in [0.4, 0.5) is 0 Å². The fourth-order valence-corrected chi connectivity index (χ4v) is 5.20. The van der Waals surface area contributed by atoms with Crippen molar-refractivity contribution in [1.82, 2.24) is 9.80 Å². The second-order valence-corrected chi connectivity index (χ2v) is 8.98. The molecule has 4 atom stereocenters. The van der Waals surface area contributed by atoms with Gasteiger partial charge in [-0.05, 0) is 57.3 Å². The van der Waals surface area contributed by atoms with Gasteiger partial charge in [-0.3, -0.25) is 9.69 Å². The first kappa shape index (κ1) is 18.9. The van der Waals surface area contributed by atoms with E-state index >= 15 is 0 Å². The minimum absolute atomic E-state index is 0.0110. The Kier molecular flexibility index (Phi) is 5.89. The molecule has 0 bridgehead atoms. The lowest BCUT2D eigenvalue weighted by Crippen LogP contribution is -2.59. The number of piperidine rings is 1. The summed E-state index contributed by atoms with van der Waals surface area (Å²) in [5.41, 5.74) is 0.343. The predicted molar refractivity (Wildman–Crippen MR) is 101 cm³/mol. The number of hydrogen-bond donors (Lipinski definition) is 0. The van der Waals surface area contributed by atoms with Crippen LogP contribution in [0, 0.1) is 11.3 Å². The summed E-state index contributed by atoms with van der Waals surface area (Å²) in [6, 6.07) is -0.0110. The number of ether oxygens (including phenoxy) is 1. The molecule has 0 unspecified atom stereocenters. The third-order valence-electron chi connectivity index (χ3n) is 6.26. The van der Waals surface area contributed by atoms with Gasteiger partial charge in [0.25, 0.3) is 0 Å². The monoisotopic (exact) mass is 348 g/mol. The van der Waals surface area contributed by atoms with Crippen LogP contribution < -0.4 is 0 Å². The van der Waals surface area contributed by atoms with Crippen molar-refractivity contribution in [1.29, 1.82) is 0 Å². The van der Waals surface area contributed by atoms with Gasteiger partial charge < -0.3 is 9.64 Å². The van der Waals surface area contributed by atoms with Crippen LogP contribution in [-0.2, 0) is 9.53 Å². The van der Waals surface area contributed by atoms with Crippen molar-refractivity contribution >= 4 is 5.91 Å². The molecule has 0 radical (unpaired) electrons. The van der Waals surface area contributed by atoms with Crippen LogP contribution in [0.1, 0.15) is 59.8 Å². The van der Waals surface area contributed by atoms with Gasteiger partial charge in [0.05, 0.1) is 18.2 Å². The average molecular weight is 349 g/mol. The highest BCUT2D eigenvalue weighted by molar-refractivity contribution is 5.82. The number of morpholine rings is 1. The Bertz CT molecular complexity index is 494. The molecule has 25 heavy (non-hydrogen) atoms. The summed E-state index contributed by atoms with van der Waals surface area (Å²) in [6.07, 6.45) is 11.0. The van der Waals surface area contributed by atoms with Crippen LogP contribution in [0.2, 0.25) is 0 Å². The van der Waals surface area contributed by atoms with Crippen molar-refractivity contribution < 1.29 is 9.53 Å². The highest BCUT2D eigenvalue weighted by Gasteiger charge is 2.41. The van der Waals surface area contributed by atoms with E-state index < -0.39 is 0 Å². The van der Waals surface area contributed by atoms with Gasteiger partial charge in [-0.25, -0.2) is 0 Å². The zero-order valence-corrected chi connectivity index (χ0v) is 16.5. The van der Waals surface area contributed by atoms with Gasteiger partial charge in [-0.2, -0.15) is 0 Å². The predicted octanol–water partition coefficient (Wildman–Crippen LogP) is 3.47. The third-order valence-corrected chi connectivity index (χ3v) is 6.26. The molecule has 1 aliphatic carbocycles. The number of amides is 1. The number of nitrogens with zero attached hydrogens (tertiary/aromatic N) is 2. The molecule has 1 amide bonds. The van der Waals surface area contributed by atoms with E-state index in [1.807, 2.05) is 0 Å². The van der Waals surface area contributed by atoms with E-state index in [1.54, 1.807) is 0 Å². The van der Waals surface area contributed by atoms with Crippen molar-refractivity contribution in [2.24, 2.45) is 11.3 Å². The van der Waals surface area contributed by atoms with Crippen molar-refractivity contribution in [2.45, 2.75) is 78.0 Å². The van der Waals surface area contributed by atoms with Crippen LogP contribution in [0.5, 0.6) is 0 Å². The minimum Gasteiger partial charge on any atom is -0.373 e. The highest BCUT2D eigenvalue weighted by Crippen LogP contribution is 2.41. The molecular weight excluding hydrogens is 312 g/mol. The first-order valence-corrected chi connectivity index (χ1v) is 10.2. The van der Waals surface area contributed by atoms with E-state index in [0.717, 1.165) is 39.0 Å². The zero-order chi connectivity index (χ0) is 18.0. The van der Waals surface area contributed by atoms with Gasteiger partial charge in [0.1, 0.15) is 0 Å². The molecule has 4 nitrogen and oxygen atoms in total. The van der Waals surface area contributed by atoms with E-state index in [0.29, 0.717) is 17.2 Å². The Hall–Kier alpha value is -0.870. The number of allylic oxidation sites excluding steroid dienone is 2. The Morgan fingerprint density at radius 1 is 1.16 bits per heavy atom. The number of carbonyl (C=O) groups excluding carboxylic acids is 1. The number of rotatable bonds is 3. The molecule has 2 fully saturated rings. The lowest BCUT2D eigenvalue weighted by molar-refractivity contribution is -0.149. The molecule has 4 heteroatoms. The average Bonchev–Trinajstić information content (AvgIpc) is 2.54. The summed E-state index contributed by atoms with van der Waals surface area (Å²) in [6.45, 7) is 12.2. The molecule has 2 saturated heterocycles. The molecule has 0 N–H and O–H groups in total. The van der Waals surface area contributed by atoms with E-state index in [1.165, 1.54) is 19.3 Å². The third kappa shape index (κ3) is 4.28. The molecule has 0 aromatic carbocycles. The normalized spacial score (nSPS) is 35.3. The molecule has 142 valence electrons. The molecule has 3 aliphatic rings. The second-order valence-electron chi connectivity index (χ2n) is 8.98. The Morgan fingerprint density at radius 2 is 1.88 bits per heavy atom. The number of likely N-dealkylation sites (tertiary alicyclic amines) is 1. The Labute approximate surface area is 153 Å². The van der Waals surface area contributed by atoms with E-state index in [2.05, 4.69) is 49.6 Å². The molecular formula is C21H36N2O2. The van der Waals surface area contributed by atoms with Crippen molar-refractivity contribution in [3.05, 3.63) is 12.2 Å². The van der Waals surface area contributed by atoms with Crippen LogP contribution >= 0.6 is 0 Å². The first-order valence-electron chi connectivity index (χ1n) is 10.2. The Balaban J connectivity index is 1.73. The summed E-state index contributed by atoms with van der Waals surface area (Å²) in [7, 11) is 0. The maximum absolute atomic E-state index is 13.5. The molecule has 3 rings (SSSR count). The summed E-state index contributed by atoms with van der Waals surface area (Å²) in [5.74, 6) is 0.680. The van der Waals surface area contributed by atoms with Crippen molar-refractivity contribution in [3.8, 4) is 0 Å².